The van der Waals surface area contributed by atoms with Gasteiger partial charge in [-0.2, -0.15) is 13.2 Å². The molecule has 1 heterocycles. The average Bonchev–Trinajstić information content (AvgIpc) is 2.12. The maximum atomic E-state index is 12.6. The van der Waals surface area contributed by atoms with Gasteiger partial charge < -0.3 is 10.0 Å². The Balaban J connectivity index is 2.31. The third-order valence-corrected chi connectivity index (χ3v) is 2.41. The van der Waals surface area contributed by atoms with Gasteiger partial charge in [-0.25, -0.2) is 0 Å². The maximum absolute atomic E-state index is 12.6. The lowest BCUT2D eigenvalue weighted by Crippen LogP contribution is -2.51. The van der Waals surface area contributed by atoms with Crippen molar-refractivity contribution >= 4 is 5.69 Å². The Labute approximate surface area is 84.9 Å². The molecule has 0 radical (unpaired) electrons. The van der Waals surface area contributed by atoms with Crippen molar-refractivity contribution in [3.05, 3.63) is 29.8 Å². The SMILES string of the molecule is OC1CN(c2ccccc2C(F)(F)F)C1. The summed E-state index contributed by atoms with van der Waals surface area (Å²) in [5.74, 6) is 0. The average molecular weight is 217 g/mol. The van der Waals surface area contributed by atoms with E-state index < -0.39 is 17.8 Å². The van der Waals surface area contributed by atoms with Gasteiger partial charge in [0.25, 0.3) is 0 Å². The number of halogens is 3. The number of anilines is 1. The summed E-state index contributed by atoms with van der Waals surface area (Å²) in [5.41, 5.74) is -0.493. The molecule has 2 rings (SSSR count). The molecular weight excluding hydrogens is 207 g/mol. The number of para-hydroxylation sites is 1. The summed E-state index contributed by atoms with van der Waals surface area (Å²) < 4.78 is 37.7. The predicted octanol–water partition coefficient (Wildman–Crippen LogP) is 1.89. The van der Waals surface area contributed by atoms with Gasteiger partial charge in [-0.1, -0.05) is 12.1 Å². The van der Waals surface area contributed by atoms with Crippen LogP contribution in [0.2, 0.25) is 0 Å². The van der Waals surface area contributed by atoms with E-state index in [9.17, 15) is 13.2 Å². The molecular formula is C10H10F3NO. The minimum Gasteiger partial charge on any atom is -0.389 e. The Morgan fingerprint density at radius 2 is 1.80 bits per heavy atom. The Morgan fingerprint density at radius 1 is 1.20 bits per heavy atom. The highest BCUT2D eigenvalue weighted by Gasteiger charge is 2.37. The van der Waals surface area contributed by atoms with Crippen LogP contribution in [0.4, 0.5) is 18.9 Å². The molecule has 0 unspecified atom stereocenters. The number of hydrogen-bond donors (Lipinski definition) is 1. The van der Waals surface area contributed by atoms with Crippen LogP contribution in [0.25, 0.3) is 0 Å². The van der Waals surface area contributed by atoms with Crippen molar-refractivity contribution in [3.63, 3.8) is 0 Å². The lowest BCUT2D eigenvalue weighted by molar-refractivity contribution is -0.137. The van der Waals surface area contributed by atoms with E-state index in [1.165, 1.54) is 17.0 Å². The molecule has 1 aliphatic rings. The van der Waals surface area contributed by atoms with Crippen molar-refractivity contribution in [1.29, 1.82) is 0 Å². The molecule has 1 aromatic carbocycles. The molecule has 15 heavy (non-hydrogen) atoms. The summed E-state index contributed by atoms with van der Waals surface area (Å²) in [4.78, 5) is 1.52. The van der Waals surface area contributed by atoms with Crippen LogP contribution in [0.1, 0.15) is 5.56 Å². The number of hydrogen-bond acceptors (Lipinski definition) is 2. The number of nitrogens with zero attached hydrogens (tertiary/aromatic N) is 1. The molecule has 0 spiro atoms. The molecule has 2 nitrogen and oxygen atoms in total. The maximum Gasteiger partial charge on any atom is 0.418 e. The fraction of sp³-hybridized carbons (Fsp3) is 0.400. The van der Waals surface area contributed by atoms with Crippen molar-refractivity contribution in [3.8, 4) is 0 Å². The molecule has 5 heteroatoms. The smallest absolute Gasteiger partial charge is 0.389 e. The summed E-state index contributed by atoms with van der Waals surface area (Å²) in [6.45, 7) is 0.542. The molecule has 0 bridgehead atoms. The van der Waals surface area contributed by atoms with Gasteiger partial charge in [-0.05, 0) is 12.1 Å². The molecule has 0 aliphatic carbocycles. The van der Waals surface area contributed by atoms with E-state index in [-0.39, 0.29) is 18.8 Å². The van der Waals surface area contributed by atoms with Crippen LogP contribution in [0, 0.1) is 0 Å². The van der Waals surface area contributed by atoms with E-state index in [0.29, 0.717) is 0 Å². The fourth-order valence-electron chi connectivity index (χ4n) is 1.64. The van der Waals surface area contributed by atoms with Crippen LogP contribution in [0.5, 0.6) is 0 Å². The highest BCUT2D eigenvalue weighted by atomic mass is 19.4. The Morgan fingerprint density at radius 3 is 2.33 bits per heavy atom. The number of rotatable bonds is 1. The lowest BCUT2D eigenvalue weighted by atomic mass is 10.1. The molecule has 0 saturated carbocycles. The third kappa shape index (κ3) is 1.92. The van der Waals surface area contributed by atoms with Gasteiger partial charge >= 0.3 is 6.18 Å². The van der Waals surface area contributed by atoms with Gasteiger partial charge in [0, 0.05) is 18.8 Å². The topological polar surface area (TPSA) is 23.5 Å². The number of aliphatic hydroxyl groups is 1. The first-order chi connectivity index (χ1) is 6.98. The molecule has 1 fully saturated rings. The second-order valence-corrected chi connectivity index (χ2v) is 3.57. The summed E-state index contributed by atoms with van der Waals surface area (Å²) in [6.07, 6.45) is -4.84. The van der Waals surface area contributed by atoms with Crippen molar-refractivity contribution in [1.82, 2.24) is 0 Å². The van der Waals surface area contributed by atoms with Gasteiger partial charge in [0.05, 0.1) is 11.7 Å². The van der Waals surface area contributed by atoms with Crippen molar-refractivity contribution in [2.24, 2.45) is 0 Å². The van der Waals surface area contributed by atoms with Crippen molar-refractivity contribution in [2.75, 3.05) is 18.0 Å². The summed E-state index contributed by atoms with van der Waals surface area (Å²) in [5, 5.41) is 9.05. The standard InChI is InChI=1S/C10H10F3NO/c11-10(12,13)8-3-1-2-4-9(8)14-5-7(15)6-14/h1-4,7,15H,5-6H2. The second kappa shape index (κ2) is 3.41. The Bertz CT molecular complexity index is 358. The highest BCUT2D eigenvalue weighted by Crippen LogP contribution is 2.37. The molecule has 1 N–H and O–H groups in total. The van der Waals surface area contributed by atoms with Gasteiger partial charge in [-0.15, -0.1) is 0 Å². The second-order valence-electron chi connectivity index (χ2n) is 3.57. The molecule has 1 aromatic rings. The van der Waals surface area contributed by atoms with Gasteiger partial charge in [-0.3, -0.25) is 0 Å². The van der Waals surface area contributed by atoms with Gasteiger partial charge in [0.2, 0.25) is 0 Å². The quantitative estimate of drug-likeness (QED) is 0.776. The van der Waals surface area contributed by atoms with Gasteiger partial charge in [0.15, 0.2) is 0 Å². The van der Waals surface area contributed by atoms with Crippen molar-refractivity contribution < 1.29 is 18.3 Å². The first-order valence-corrected chi connectivity index (χ1v) is 4.58. The van der Waals surface area contributed by atoms with Crippen LogP contribution in [-0.2, 0) is 6.18 Å². The molecule has 0 amide bonds. The van der Waals surface area contributed by atoms with Gasteiger partial charge in [0.1, 0.15) is 0 Å². The first-order valence-electron chi connectivity index (χ1n) is 4.58. The third-order valence-electron chi connectivity index (χ3n) is 2.41. The van der Waals surface area contributed by atoms with Crippen LogP contribution < -0.4 is 4.90 Å². The normalized spacial score (nSPS) is 17.7. The molecule has 0 atom stereocenters. The number of alkyl halides is 3. The van der Waals surface area contributed by atoms with Crippen molar-refractivity contribution in [2.45, 2.75) is 12.3 Å². The first kappa shape index (κ1) is 10.3. The molecule has 82 valence electrons. The zero-order valence-corrected chi connectivity index (χ0v) is 7.83. The van der Waals surface area contributed by atoms with E-state index in [1.54, 1.807) is 6.07 Å². The summed E-state index contributed by atoms with van der Waals surface area (Å²) in [6, 6.07) is 5.41. The summed E-state index contributed by atoms with van der Waals surface area (Å²) >= 11 is 0. The van der Waals surface area contributed by atoms with Crippen LogP contribution in [-0.4, -0.2) is 24.3 Å². The van der Waals surface area contributed by atoms with Crippen LogP contribution >= 0.6 is 0 Å². The van der Waals surface area contributed by atoms with Crippen LogP contribution in [0.15, 0.2) is 24.3 Å². The number of aliphatic hydroxyl groups excluding tert-OH is 1. The van der Waals surface area contributed by atoms with E-state index in [4.69, 9.17) is 5.11 Å². The van der Waals surface area contributed by atoms with E-state index in [2.05, 4.69) is 0 Å². The zero-order valence-electron chi connectivity index (χ0n) is 7.83. The lowest BCUT2D eigenvalue weighted by Gasteiger charge is -2.39. The highest BCUT2D eigenvalue weighted by molar-refractivity contribution is 5.56. The summed E-state index contributed by atoms with van der Waals surface area (Å²) in [7, 11) is 0. The predicted molar refractivity (Wildman–Crippen MR) is 49.7 cm³/mol. The Kier molecular flexibility index (Phi) is 2.34. The van der Waals surface area contributed by atoms with Crippen LogP contribution in [0.3, 0.4) is 0 Å². The monoisotopic (exact) mass is 217 g/mol. The minimum absolute atomic E-state index is 0.148. The molecule has 0 aromatic heterocycles. The molecule has 1 aliphatic heterocycles. The Hall–Kier alpha value is -1.23. The number of benzene rings is 1. The van der Waals surface area contributed by atoms with E-state index in [1.807, 2.05) is 0 Å². The largest absolute Gasteiger partial charge is 0.418 e. The van der Waals surface area contributed by atoms with E-state index in [0.717, 1.165) is 6.07 Å². The number of β-amino-alcohol motifs (C(OH)–C–C–N with tert-alkyl or cyclic N) is 1. The minimum atomic E-state index is -4.34. The fourth-order valence-corrected chi connectivity index (χ4v) is 1.64. The van der Waals surface area contributed by atoms with E-state index >= 15 is 0 Å². The zero-order chi connectivity index (χ0) is 11.1. The molecule has 1 saturated heterocycles.